The van der Waals surface area contributed by atoms with Gasteiger partial charge in [0.05, 0.1) is 5.92 Å². The summed E-state index contributed by atoms with van der Waals surface area (Å²) in [6, 6.07) is 13.6. The van der Waals surface area contributed by atoms with Crippen molar-refractivity contribution in [3.05, 3.63) is 54.1 Å². The van der Waals surface area contributed by atoms with Gasteiger partial charge in [-0.2, -0.15) is 0 Å². The van der Waals surface area contributed by atoms with Crippen LogP contribution in [0.15, 0.2) is 48.5 Å². The van der Waals surface area contributed by atoms with Crippen LogP contribution in [0.3, 0.4) is 0 Å². The zero-order chi connectivity index (χ0) is 20.1. The maximum atomic E-state index is 12.1. The second-order valence-electron chi connectivity index (χ2n) is 6.81. The van der Waals surface area contributed by atoms with Crippen LogP contribution in [0.25, 0.3) is 0 Å². The van der Waals surface area contributed by atoms with Crippen LogP contribution in [0.2, 0.25) is 0 Å². The van der Waals surface area contributed by atoms with Crippen LogP contribution >= 0.6 is 0 Å². The summed E-state index contributed by atoms with van der Waals surface area (Å²) in [5.41, 5.74) is 1.74. The van der Waals surface area contributed by atoms with Crippen molar-refractivity contribution >= 4 is 29.2 Å². The number of carbonyl (C=O) groups excluding carboxylic acids is 2. The monoisotopic (exact) mass is 382 g/mol. The van der Waals surface area contributed by atoms with Crippen molar-refractivity contribution in [1.29, 1.82) is 0 Å². The topological polar surface area (TPSA) is 105 Å². The fraction of sp³-hybridized carbons (Fsp3) is 0.286. The Kier molecular flexibility index (Phi) is 5.93. The molecule has 7 heteroatoms. The number of anilines is 2. The normalized spacial score (nSPS) is 14.0. The van der Waals surface area contributed by atoms with Crippen molar-refractivity contribution < 1.29 is 24.2 Å². The summed E-state index contributed by atoms with van der Waals surface area (Å²) in [4.78, 5) is 35.1. The summed E-state index contributed by atoms with van der Waals surface area (Å²) in [5, 5.41) is 14.6. The van der Waals surface area contributed by atoms with E-state index in [-0.39, 0.29) is 24.3 Å². The third kappa shape index (κ3) is 5.33. The van der Waals surface area contributed by atoms with Crippen LogP contribution in [-0.4, -0.2) is 29.5 Å². The molecule has 28 heavy (non-hydrogen) atoms. The summed E-state index contributed by atoms with van der Waals surface area (Å²) in [7, 11) is 0. The summed E-state index contributed by atoms with van der Waals surface area (Å²) in [6.07, 6.45) is 1.85. The molecule has 0 radical (unpaired) electrons. The van der Waals surface area contributed by atoms with Gasteiger partial charge < -0.3 is 20.5 Å². The zero-order valence-electron chi connectivity index (χ0n) is 15.5. The number of carboxylic acid groups (broad SMARTS) is 1. The number of nitrogens with one attached hydrogen (secondary N) is 2. The smallest absolute Gasteiger partial charge is 0.310 e. The molecular weight excluding hydrogens is 360 g/mol. The second-order valence-corrected chi connectivity index (χ2v) is 6.81. The summed E-state index contributed by atoms with van der Waals surface area (Å²) >= 11 is 0. The Labute approximate surface area is 162 Å². The largest absolute Gasteiger partial charge is 0.484 e. The number of ether oxygens (including phenoxy) is 1. The minimum absolute atomic E-state index is 0.00497. The van der Waals surface area contributed by atoms with Gasteiger partial charge in [0.15, 0.2) is 6.61 Å². The number of hydrogen-bond acceptors (Lipinski definition) is 4. The first-order valence-corrected chi connectivity index (χ1v) is 9.08. The molecule has 7 nitrogen and oxygen atoms in total. The van der Waals surface area contributed by atoms with E-state index < -0.39 is 11.9 Å². The molecule has 1 saturated carbocycles. The van der Waals surface area contributed by atoms with Crippen LogP contribution in [0.5, 0.6) is 5.75 Å². The fourth-order valence-corrected chi connectivity index (χ4v) is 2.63. The predicted octanol–water partition coefficient (Wildman–Crippen LogP) is 3.24. The second kappa shape index (κ2) is 8.56. The first kappa shape index (κ1) is 19.4. The molecule has 0 spiro atoms. The van der Waals surface area contributed by atoms with Gasteiger partial charge in [-0.05, 0) is 49.6 Å². The van der Waals surface area contributed by atoms with Crippen LogP contribution in [0.1, 0.15) is 31.2 Å². The molecule has 2 aromatic rings. The van der Waals surface area contributed by atoms with Crippen LogP contribution < -0.4 is 15.4 Å². The number of benzene rings is 2. The minimum atomic E-state index is -0.930. The lowest BCUT2D eigenvalue weighted by Gasteiger charge is -2.11. The lowest BCUT2D eigenvalue weighted by Crippen LogP contribution is -2.20. The SMILES string of the molecule is CC(C(=O)O)c1cccc(NC(=O)COc2cccc(NC(=O)C3CC3)c2)c1. The third-order valence-corrected chi connectivity index (χ3v) is 4.46. The molecule has 2 amide bonds. The van der Waals surface area contributed by atoms with E-state index in [0.717, 1.165) is 12.8 Å². The molecule has 1 fully saturated rings. The van der Waals surface area contributed by atoms with Crippen molar-refractivity contribution in [3.63, 3.8) is 0 Å². The highest BCUT2D eigenvalue weighted by Crippen LogP contribution is 2.30. The van der Waals surface area contributed by atoms with Gasteiger partial charge in [0.25, 0.3) is 5.91 Å². The lowest BCUT2D eigenvalue weighted by molar-refractivity contribution is -0.138. The van der Waals surface area contributed by atoms with Crippen molar-refractivity contribution in [1.82, 2.24) is 0 Å². The molecule has 0 saturated heterocycles. The molecule has 0 heterocycles. The molecule has 1 unspecified atom stereocenters. The quantitative estimate of drug-likeness (QED) is 0.650. The Bertz CT molecular complexity index is 892. The van der Waals surface area contributed by atoms with E-state index in [1.165, 1.54) is 0 Å². The van der Waals surface area contributed by atoms with Gasteiger partial charge in [-0.15, -0.1) is 0 Å². The molecule has 1 aliphatic carbocycles. The Morgan fingerprint density at radius 1 is 1.07 bits per heavy atom. The Balaban J connectivity index is 1.53. The molecule has 1 aliphatic rings. The molecule has 146 valence electrons. The van der Waals surface area contributed by atoms with E-state index in [2.05, 4.69) is 10.6 Å². The van der Waals surface area contributed by atoms with Gasteiger partial charge in [0.1, 0.15) is 5.75 Å². The third-order valence-electron chi connectivity index (χ3n) is 4.46. The zero-order valence-corrected chi connectivity index (χ0v) is 15.5. The Morgan fingerprint density at radius 3 is 2.43 bits per heavy atom. The number of rotatable bonds is 8. The van der Waals surface area contributed by atoms with Gasteiger partial charge in [0.2, 0.25) is 5.91 Å². The first-order chi connectivity index (χ1) is 13.4. The molecule has 3 rings (SSSR count). The van der Waals surface area contributed by atoms with E-state index in [4.69, 9.17) is 9.84 Å². The molecule has 2 aromatic carbocycles. The lowest BCUT2D eigenvalue weighted by atomic mass is 10.0. The molecular formula is C21H22N2O5. The maximum absolute atomic E-state index is 12.1. The average Bonchev–Trinajstić information content (AvgIpc) is 3.51. The average molecular weight is 382 g/mol. The summed E-state index contributed by atoms with van der Waals surface area (Å²) in [6.45, 7) is 1.38. The molecule has 0 aromatic heterocycles. The van der Waals surface area contributed by atoms with Crippen molar-refractivity contribution in [3.8, 4) is 5.75 Å². The fourth-order valence-electron chi connectivity index (χ4n) is 2.63. The first-order valence-electron chi connectivity index (χ1n) is 9.08. The van der Waals surface area contributed by atoms with Gasteiger partial charge in [-0.25, -0.2) is 0 Å². The minimum Gasteiger partial charge on any atom is -0.484 e. The standard InChI is InChI=1S/C21H22N2O5/c1-13(21(26)27)15-4-2-5-16(10-15)22-19(24)12-28-18-7-3-6-17(11-18)23-20(25)14-8-9-14/h2-7,10-11,13-14H,8-9,12H2,1H3,(H,22,24)(H,23,25)(H,26,27). The van der Waals surface area contributed by atoms with Crippen molar-refractivity contribution in [2.45, 2.75) is 25.7 Å². The van der Waals surface area contributed by atoms with Crippen LogP contribution in [0.4, 0.5) is 11.4 Å². The summed E-state index contributed by atoms with van der Waals surface area (Å²) in [5.74, 6) is -1.38. The highest BCUT2D eigenvalue weighted by Gasteiger charge is 2.29. The van der Waals surface area contributed by atoms with E-state index >= 15 is 0 Å². The Hall–Kier alpha value is -3.35. The highest BCUT2D eigenvalue weighted by molar-refractivity contribution is 5.94. The molecule has 0 aliphatic heterocycles. The molecule has 3 N–H and O–H groups in total. The maximum Gasteiger partial charge on any atom is 0.310 e. The summed E-state index contributed by atoms with van der Waals surface area (Å²) < 4.78 is 5.50. The van der Waals surface area contributed by atoms with Gasteiger partial charge in [-0.3, -0.25) is 14.4 Å². The van der Waals surface area contributed by atoms with E-state index in [0.29, 0.717) is 22.7 Å². The number of amides is 2. The van der Waals surface area contributed by atoms with Gasteiger partial charge >= 0.3 is 5.97 Å². The number of carboxylic acids is 1. The Morgan fingerprint density at radius 2 is 1.75 bits per heavy atom. The molecule has 0 bridgehead atoms. The van der Waals surface area contributed by atoms with E-state index in [1.54, 1.807) is 55.5 Å². The van der Waals surface area contributed by atoms with E-state index in [1.807, 2.05) is 0 Å². The van der Waals surface area contributed by atoms with Gasteiger partial charge in [-0.1, -0.05) is 18.2 Å². The van der Waals surface area contributed by atoms with Crippen LogP contribution in [0, 0.1) is 5.92 Å². The number of aliphatic carboxylic acids is 1. The van der Waals surface area contributed by atoms with Crippen molar-refractivity contribution in [2.24, 2.45) is 5.92 Å². The predicted molar refractivity (Wildman–Crippen MR) is 104 cm³/mol. The van der Waals surface area contributed by atoms with Gasteiger partial charge in [0, 0.05) is 23.4 Å². The van der Waals surface area contributed by atoms with Crippen molar-refractivity contribution in [2.75, 3.05) is 17.2 Å². The van der Waals surface area contributed by atoms with Crippen LogP contribution in [-0.2, 0) is 14.4 Å². The molecule has 1 atom stereocenters. The number of carbonyl (C=O) groups is 3. The highest BCUT2D eigenvalue weighted by atomic mass is 16.5. The van der Waals surface area contributed by atoms with E-state index in [9.17, 15) is 14.4 Å². The number of hydrogen-bond donors (Lipinski definition) is 3.